The quantitative estimate of drug-likeness (QED) is 0.133. The van der Waals surface area contributed by atoms with Crippen LogP contribution in [0.3, 0.4) is 0 Å². The fourth-order valence-corrected chi connectivity index (χ4v) is 4.46. The average Bonchev–Trinajstić information content (AvgIpc) is 3.74. The number of rotatable bonds is 13. The fraction of sp³-hybridized carbons (Fsp3) is 0.321. The Morgan fingerprint density at radius 1 is 1.16 bits per heavy atom. The van der Waals surface area contributed by atoms with Gasteiger partial charge < -0.3 is 18.9 Å². The third-order valence-corrected chi connectivity index (χ3v) is 7.22. The first-order chi connectivity index (χ1) is 18.2. The van der Waals surface area contributed by atoms with Gasteiger partial charge in [0.1, 0.15) is 11.9 Å². The van der Waals surface area contributed by atoms with Crippen LogP contribution in [0.1, 0.15) is 37.9 Å². The second kappa shape index (κ2) is 14.5. The number of carbonyl (C=O) groups excluding carboxylic acids is 1. The lowest BCUT2D eigenvalue weighted by atomic mass is 9.99. The SMILES string of the molecule is C=C/C(Cl)=C(C[C@H](OC(=O)Sc1ccc(OC)cc1)c1ccc(OC(F)F)c(OCC2CC2)c1)\C(Cl)=C/C. The Morgan fingerprint density at radius 3 is 2.45 bits per heavy atom. The van der Waals surface area contributed by atoms with Gasteiger partial charge in [0.15, 0.2) is 11.5 Å². The summed E-state index contributed by atoms with van der Waals surface area (Å²) in [6.07, 6.45) is 4.36. The Morgan fingerprint density at radius 2 is 1.87 bits per heavy atom. The number of thioether (sulfide) groups is 1. The Balaban J connectivity index is 1.93. The summed E-state index contributed by atoms with van der Waals surface area (Å²) in [5, 5.41) is 0.0700. The van der Waals surface area contributed by atoms with Crippen molar-refractivity contribution in [3.8, 4) is 17.2 Å². The molecular weight excluding hydrogens is 557 g/mol. The molecule has 0 aromatic heterocycles. The van der Waals surface area contributed by atoms with Crippen molar-refractivity contribution in [1.29, 1.82) is 0 Å². The van der Waals surface area contributed by atoms with E-state index < -0.39 is 18.0 Å². The molecule has 10 heteroatoms. The van der Waals surface area contributed by atoms with Crippen LogP contribution >= 0.6 is 35.0 Å². The van der Waals surface area contributed by atoms with Gasteiger partial charge in [-0.2, -0.15) is 8.78 Å². The maximum absolute atomic E-state index is 13.0. The first-order valence-electron chi connectivity index (χ1n) is 11.8. The minimum Gasteiger partial charge on any atom is -0.497 e. The molecule has 0 aliphatic heterocycles. The molecule has 1 atom stereocenters. The van der Waals surface area contributed by atoms with Crippen molar-refractivity contribution < 1.29 is 32.5 Å². The predicted octanol–water partition coefficient (Wildman–Crippen LogP) is 9.27. The second-order valence-corrected chi connectivity index (χ2v) is 10.2. The highest BCUT2D eigenvalue weighted by Crippen LogP contribution is 2.40. The van der Waals surface area contributed by atoms with Gasteiger partial charge in [-0.05, 0) is 85.0 Å². The molecule has 0 radical (unpaired) electrons. The van der Waals surface area contributed by atoms with Crippen molar-refractivity contribution in [1.82, 2.24) is 0 Å². The van der Waals surface area contributed by atoms with Gasteiger partial charge >= 0.3 is 11.9 Å². The summed E-state index contributed by atoms with van der Waals surface area (Å²) in [4.78, 5) is 13.6. The first-order valence-corrected chi connectivity index (χ1v) is 13.4. The molecule has 38 heavy (non-hydrogen) atoms. The van der Waals surface area contributed by atoms with Crippen LogP contribution in [-0.2, 0) is 4.74 Å². The Hall–Kier alpha value is -2.68. The van der Waals surface area contributed by atoms with Crippen LogP contribution in [0.4, 0.5) is 13.6 Å². The van der Waals surface area contributed by atoms with Gasteiger partial charge in [0, 0.05) is 21.4 Å². The summed E-state index contributed by atoms with van der Waals surface area (Å²) in [5.74, 6) is 1.06. The Kier molecular flexibility index (Phi) is 11.4. The number of hydrogen-bond donors (Lipinski definition) is 0. The van der Waals surface area contributed by atoms with E-state index in [2.05, 4.69) is 11.3 Å². The highest BCUT2D eigenvalue weighted by atomic mass is 35.5. The van der Waals surface area contributed by atoms with E-state index in [4.69, 9.17) is 37.4 Å². The largest absolute Gasteiger partial charge is 0.497 e. The van der Waals surface area contributed by atoms with Crippen LogP contribution in [-0.4, -0.2) is 25.6 Å². The lowest BCUT2D eigenvalue weighted by molar-refractivity contribution is -0.0515. The number of hydrogen-bond acceptors (Lipinski definition) is 6. The molecule has 204 valence electrons. The molecule has 0 amide bonds. The van der Waals surface area contributed by atoms with Gasteiger partial charge in [-0.15, -0.1) is 0 Å². The van der Waals surface area contributed by atoms with E-state index in [1.54, 1.807) is 56.5 Å². The number of alkyl halides is 2. The molecule has 1 saturated carbocycles. The van der Waals surface area contributed by atoms with E-state index in [1.807, 2.05) is 0 Å². The Labute approximate surface area is 235 Å². The van der Waals surface area contributed by atoms with E-state index in [-0.39, 0.29) is 17.9 Å². The minimum absolute atomic E-state index is 0.0973. The summed E-state index contributed by atoms with van der Waals surface area (Å²) >= 11 is 13.7. The zero-order valence-electron chi connectivity index (χ0n) is 20.9. The molecule has 0 saturated heterocycles. The smallest absolute Gasteiger partial charge is 0.387 e. The van der Waals surface area contributed by atoms with E-state index in [1.165, 1.54) is 12.1 Å². The molecule has 1 aliphatic rings. The van der Waals surface area contributed by atoms with E-state index in [0.717, 1.165) is 24.6 Å². The third kappa shape index (κ3) is 8.96. The van der Waals surface area contributed by atoms with Crippen molar-refractivity contribution in [2.24, 2.45) is 5.92 Å². The molecule has 3 rings (SSSR count). The number of methoxy groups -OCH3 is 1. The van der Waals surface area contributed by atoms with Gasteiger partial charge in [-0.25, -0.2) is 4.79 Å². The second-order valence-electron chi connectivity index (χ2n) is 8.34. The van der Waals surface area contributed by atoms with Crippen LogP contribution < -0.4 is 14.2 Å². The summed E-state index contributed by atoms with van der Waals surface area (Å²) in [6, 6.07) is 11.4. The average molecular weight is 585 g/mol. The van der Waals surface area contributed by atoms with Crippen molar-refractivity contribution in [2.75, 3.05) is 13.7 Å². The number of allylic oxidation sites excluding steroid dienone is 4. The lowest BCUT2D eigenvalue weighted by Gasteiger charge is -2.22. The third-order valence-electron chi connectivity index (χ3n) is 5.62. The highest BCUT2D eigenvalue weighted by Gasteiger charge is 2.26. The Bertz CT molecular complexity index is 1180. The molecule has 0 unspecified atom stereocenters. The molecule has 1 aliphatic carbocycles. The summed E-state index contributed by atoms with van der Waals surface area (Å²) < 4.78 is 47.5. The van der Waals surface area contributed by atoms with Crippen LogP contribution in [0.5, 0.6) is 17.2 Å². The highest BCUT2D eigenvalue weighted by molar-refractivity contribution is 8.13. The van der Waals surface area contributed by atoms with E-state index >= 15 is 0 Å². The maximum Gasteiger partial charge on any atom is 0.387 e. The van der Waals surface area contributed by atoms with Crippen LogP contribution in [0.25, 0.3) is 0 Å². The first kappa shape index (κ1) is 29.9. The fourth-order valence-electron chi connectivity index (χ4n) is 3.42. The number of carbonyl (C=O) groups is 1. The normalized spacial score (nSPS) is 15.0. The van der Waals surface area contributed by atoms with E-state index in [9.17, 15) is 13.6 Å². The van der Waals surface area contributed by atoms with Gasteiger partial charge in [-0.1, -0.05) is 48.0 Å². The number of halogens is 4. The molecule has 0 N–H and O–H groups in total. The standard InChI is InChI=1S/C28H28Cl2F2O5S/c1-4-22(29)21(23(30)5-2)15-25(37-28(33)38-20-11-9-19(34-3)10-12-20)18-8-13-24(36-27(31)32)26(14-18)35-16-17-6-7-17/h4-5,8-14,17,25,27H,1,6-7,15-16H2,2-3H3/b22-21+,23-5+/t25-/m0/s1. The molecular formula is C28H28Cl2F2O5S. The molecule has 2 aromatic carbocycles. The monoisotopic (exact) mass is 584 g/mol. The molecule has 1 fully saturated rings. The van der Waals surface area contributed by atoms with Crippen LogP contribution in [0, 0.1) is 5.92 Å². The zero-order valence-corrected chi connectivity index (χ0v) is 23.3. The van der Waals surface area contributed by atoms with Gasteiger partial charge in [0.25, 0.3) is 0 Å². The van der Waals surface area contributed by atoms with E-state index in [0.29, 0.717) is 44.4 Å². The summed E-state index contributed by atoms with van der Waals surface area (Å²) in [7, 11) is 1.55. The minimum atomic E-state index is -3.02. The molecule has 0 bridgehead atoms. The number of ether oxygens (including phenoxy) is 4. The summed E-state index contributed by atoms with van der Waals surface area (Å²) in [6.45, 7) is 2.80. The van der Waals surface area contributed by atoms with Crippen LogP contribution in [0.15, 0.2) is 81.7 Å². The topological polar surface area (TPSA) is 54.0 Å². The van der Waals surface area contributed by atoms with Gasteiger partial charge in [-0.3, -0.25) is 0 Å². The maximum atomic E-state index is 13.0. The number of benzene rings is 2. The van der Waals surface area contributed by atoms with Crippen LogP contribution in [0.2, 0.25) is 0 Å². The van der Waals surface area contributed by atoms with Gasteiger partial charge in [0.05, 0.1) is 13.7 Å². The summed E-state index contributed by atoms with van der Waals surface area (Å²) in [5.41, 5.74) is 0.999. The molecule has 0 spiro atoms. The van der Waals surface area contributed by atoms with Crippen molar-refractivity contribution in [2.45, 2.75) is 43.8 Å². The van der Waals surface area contributed by atoms with Crippen molar-refractivity contribution >= 4 is 40.3 Å². The molecule has 5 nitrogen and oxygen atoms in total. The van der Waals surface area contributed by atoms with Crippen molar-refractivity contribution in [3.63, 3.8) is 0 Å². The zero-order chi connectivity index (χ0) is 27.7. The lowest BCUT2D eigenvalue weighted by Crippen LogP contribution is -2.11. The molecule has 0 heterocycles. The molecule has 2 aromatic rings. The predicted molar refractivity (Wildman–Crippen MR) is 147 cm³/mol. The van der Waals surface area contributed by atoms with Gasteiger partial charge in [0.2, 0.25) is 0 Å². The van der Waals surface area contributed by atoms with Crippen molar-refractivity contribution in [3.05, 3.63) is 82.4 Å².